The zero-order valence-electron chi connectivity index (χ0n) is 10.1. The average molecular weight is 263 g/mol. The highest BCUT2D eigenvalue weighted by molar-refractivity contribution is 7.15. The lowest BCUT2D eigenvalue weighted by molar-refractivity contribution is -0.107. The van der Waals surface area contributed by atoms with Crippen molar-refractivity contribution in [3.05, 3.63) is 28.8 Å². The molecule has 0 saturated heterocycles. The molecule has 1 N–H and O–H groups in total. The highest BCUT2D eigenvalue weighted by Crippen LogP contribution is 2.34. The van der Waals surface area contributed by atoms with Crippen molar-refractivity contribution in [3.8, 4) is 22.1 Å². The third kappa shape index (κ3) is 2.36. The summed E-state index contributed by atoms with van der Waals surface area (Å²) in [5, 5.41) is 10.5. The van der Waals surface area contributed by atoms with E-state index in [1.807, 2.05) is 13.0 Å². The molecule has 0 atom stereocenters. The summed E-state index contributed by atoms with van der Waals surface area (Å²) < 4.78 is 4.99. The Morgan fingerprint density at radius 2 is 2.28 bits per heavy atom. The Balaban J connectivity index is 2.39. The van der Waals surface area contributed by atoms with E-state index in [2.05, 4.69) is 4.98 Å². The quantitative estimate of drug-likeness (QED) is 0.861. The molecule has 0 amide bonds. The number of aromatic hydroxyl groups is 1. The van der Waals surface area contributed by atoms with E-state index < -0.39 is 0 Å². The van der Waals surface area contributed by atoms with Crippen LogP contribution >= 0.6 is 11.3 Å². The number of nitrogens with zero attached hydrogens (tertiary/aromatic N) is 1. The highest BCUT2D eigenvalue weighted by atomic mass is 32.1. The molecule has 94 valence electrons. The zero-order valence-corrected chi connectivity index (χ0v) is 11.0. The van der Waals surface area contributed by atoms with Crippen LogP contribution in [0.5, 0.6) is 11.5 Å². The lowest BCUT2D eigenvalue weighted by atomic mass is 10.2. The number of aromatic nitrogens is 1. The normalized spacial score (nSPS) is 10.3. The third-order valence-electron chi connectivity index (χ3n) is 2.60. The number of hydrogen-bond donors (Lipinski definition) is 1. The molecule has 0 radical (unpaired) electrons. The molecule has 0 aliphatic carbocycles. The van der Waals surface area contributed by atoms with Crippen LogP contribution in [0.25, 0.3) is 10.6 Å². The summed E-state index contributed by atoms with van der Waals surface area (Å²) in [5.41, 5.74) is 1.61. The van der Waals surface area contributed by atoms with E-state index in [1.165, 1.54) is 18.4 Å². The number of aryl methyl sites for hydroxylation is 1. The summed E-state index contributed by atoms with van der Waals surface area (Å²) in [5.74, 6) is 0.514. The molecule has 1 heterocycles. The first-order valence-electron chi connectivity index (χ1n) is 5.43. The predicted octanol–water partition coefficient (Wildman–Crippen LogP) is 2.57. The topological polar surface area (TPSA) is 59.4 Å². The monoisotopic (exact) mass is 263 g/mol. The fraction of sp³-hybridized carbons (Fsp3) is 0.231. The molecule has 0 unspecified atom stereocenters. The van der Waals surface area contributed by atoms with Crippen molar-refractivity contribution in [2.45, 2.75) is 13.3 Å². The average Bonchev–Trinajstić information content (AvgIpc) is 2.71. The number of methoxy groups -OCH3 is 1. The number of ether oxygens (including phenoxy) is 1. The summed E-state index contributed by atoms with van der Waals surface area (Å²) in [6.45, 7) is 1.93. The zero-order chi connectivity index (χ0) is 13.1. The van der Waals surface area contributed by atoms with Crippen LogP contribution in [0.4, 0.5) is 0 Å². The first kappa shape index (κ1) is 12.6. The Labute approximate surface area is 109 Å². The number of carbonyl (C=O) groups is 1. The van der Waals surface area contributed by atoms with Crippen molar-refractivity contribution >= 4 is 17.6 Å². The molecule has 0 spiro atoms. The van der Waals surface area contributed by atoms with E-state index in [9.17, 15) is 9.90 Å². The van der Waals surface area contributed by atoms with Crippen molar-refractivity contribution in [1.29, 1.82) is 0 Å². The number of thiazole rings is 1. The lowest BCUT2D eigenvalue weighted by Gasteiger charge is -2.03. The minimum atomic E-state index is 0.0831. The maximum Gasteiger partial charge on any atom is 0.160 e. The first-order valence-corrected chi connectivity index (χ1v) is 6.24. The molecule has 0 fully saturated rings. The van der Waals surface area contributed by atoms with Crippen LogP contribution in [0.15, 0.2) is 18.2 Å². The third-order valence-corrected chi connectivity index (χ3v) is 3.66. The van der Waals surface area contributed by atoms with Crippen molar-refractivity contribution in [2.24, 2.45) is 0 Å². The molecule has 1 aromatic heterocycles. The molecule has 4 nitrogen and oxygen atoms in total. The Bertz CT molecular complexity index is 578. The minimum absolute atomic E-state index is 0.0831. The van der Waals surface area contributed by atoms with Crippen LogP contribution in [0.2, 0.25) is 0 Å². The van der Waals surface area contributed by atoms with Crippen molar-refractivity contribution in [2.75, 3.05) is 7.11 Å². The number of hydrogen-bond acceptors (Lipinski definition) is 5. The lowest BCUT2D eigenvalue weighted by Crippen LogP contribution is -1.88. The Hall–Kier alpha value is -1.88. The Morgan fingerprint density at radius 1 is 1.50 bits per heavy atom. The fourth-order valence-electron chi connectivity index (χ4n) is 1.64. The van der Waals surface area contributed by atoms with Crippen molar-refractivity contribution in [3.63, 3.8) is 0 Å². The molecule has 2 aromatic rings. The second-order valence-corrected chi connectivity index (χ2v) is 4.98. The van der Waals surface area contributed by atoms with Gasteiger partial charge in [0.15, 0.2) is 11.5 Å². The van der Waals surface area contributed by atoms with Crippen LogP contribution in [0.3, 0.4) is 0 Å². The smallest absolute Gasteiger partial charge is 0.160 e. The van der Waals surface area contributed by atoms with Crippen LogP contribution in [0.1, 0.15) is 10.6 Å². The van der Waals surface area contributed by atoms with Gasteiger partial charge in [0.2, 0.25) is 0 Å². The standard InChI is InChI=1S/C13H13NO3S/c1-8-10(5-6-15)14-13(18-8)9-3-4-12(17-2)11(16)7-9/h3-4,6-7,16H,5H2,1-2H3. The van der Waals surface area contributed by atoms with Crippen molar-refractivity contribution in [1.82, 2.24) is 4.98 Å². The van der Waals surface area contributed by atoms with E-state index in [0.29, 0.717) is 12.2 Å². The summed E-state index contributed by atoms with van der Waals surface area (Å²) >= 11 is 1.51. The number of aldehydes is 1. The summed E-state index contributed by atoms with van der Waals surface area (Å²) in [7, 11) is 1.50. The van der Waals surface area contributed by atoms with Gasteiger partial charge < -0.3 is 14.6 Å². The number of phenols is 1. The molecule has 2 rings (SSSR count). The molecule has 0 saturated carbocycles. The maximum absolute atomic E-state index is 10.5. The molecule has 1 aromatic carbocycles. The molecule has 0 bridgehead atoms. The molecule has 0 aliphatic heterocycles. The second kappa shape index (κ2) is 5.18. The maximum atomic E-state index is 10.5. The van der Waals surface area contributed by atoms with Crippen molar-refractivity contribution < 1.29 is 14.6 Å². The van der Waals surface area contributed by atoms with E-state index in [0.717, 1.165) is 27.4 Å². The highest BCUT2D eigenvalue weighted by Gasteiger charge is 2.11. The number of rotatable bonds is 4. The van der Waals surface area contributed by atoms with Crippen LogP contribution in [-0.4, -0.2) is 23.5 Å². The van der Waals surface area contributed by atoms with Gasteiger partial charge in [-0.2, -0.15) is 0 Å². The molecule has 18 heavy (non-hydrogen) atoms. The number of benzene rings is 1. The second-order valence-electron chi connectivity index (χ2n) is 3.78. The van der Waals surface area contributed by atoms with Crippen LogP contribution in [0, 0.1) is 6.92 Å². The van der Waals surface area contributed by atoms with E-state index >= 15 is 0 Å². The van der Waals surface area contributed by atoms with Gasteiger partial charge in [0.1, 0.15) is 11.3 Å². The van der Waals surface area contributed by atoms with Gasteiger partial charge in [-0.05, 0) is 25.1 Å². The van der Waals surface area contributed by atoms with Gasteiger partial charge in [-0.15, -0.1) is 11.3 Å². The Morgan fingerprint density at radius 3 is 2.89 bits per heavy atom. The van der Waals surface area contributed by atoms with Gasteiger partial charge in [-0.25, -0.2) is 4.98 Å². The number of phenolic OH excluding ortho intramolecular Hbond substituents is 1. The van der Waals surface area contributed by atoms with Crippen LogP contribution in [-0.2, 0) is 11.2 Å². The first-order chi connectivity index (χ1) is 8.65. The largest absolute Gasteiger partial charge is 0.504 e. The molecular formula is C13H13NO3S. The number of carbonyl (C=O) groups excluding carboxylic acids is 1. The Kier molecular flexibility index (Phi) is 3.62. The van der Waals surface area contributed by atoms with Gasteiger partial charge >= 0.3 is 0 Å². The van der Waals surface area contributed by atoms with Gasteiger partial charge in [0.25, 0.3) is 0 Å². The molecule has 0 aliphatic rings. The van der Waals surface area contributed by atoms with E-state index in [-0.39, 0.29) is 5.75 Å². The van der Waals surface area contributed by atoms with Gasteiger partial charge in [0.05, 0.1) is 12.8 Å². The molecular weight excluding hydrogens is 250 g/mol. The summed E-state index contributed by atoms with van der Waals surface area (Å²) in [4.78, 5) is 15.9. The van der Waals surface area contributed by atoms with E-state index in [1.54, 1.807) is 12.1 Å². The SMILES string of the molecule is COc1ccc(-c2nc(CC=O)c(C)s2)cc1O. The minimum Gasteiger partial charge on any atom is -0.504 e. The van der Waals surface area contributed by atoms with Gasteiger partial charge in [-0.3, -0.25) is 0 Å². The fourth-order valence-corrected chi connectivity index (χ4v) is 2.58. The van der Waals surface area contributed by atoms with E-state index in [4.69, 9.17) is 4.74 Å². The predicted molar refractivity (Wildman–Crippen MR) is 70.3 cm³/mol. The van der Waals surface area contributed by atoms with Crippen LogP contribution < -0.4 is 4.74 Å². The van der Waals surface area contributed by atoms with Gasteiger partial charge in [0, 0.05) is 16.9 Å². The summed E-state index contributed by atoms with van der Waals surface area (Å²) in [6, 6.07) is 5.14. The molecule has 5 heteroatoms. The van der Waals surface area contributed by atoms with Gasteiger partial charge in [-0.1, -0.05) is 0 Å². The summed E-state index contributed by atoms with van der Waals surface area (Å²) in [6.07, 6.45) is 1.17.